The smallest absolute Gasteiger partial charge is 0.229 e. The van der Waals surface area contributed by atoms with E-state index in [-0.39, 0.29) is 18.2 Å². The number of nitrogens with zero attached hydrogens (tertiary/aromatic N) is 2. The monoisotopic (exact) mass is 213 g/mol. The van der Waals surface area contributed by atoms with Crippen molar-refractivity contribution in [2.45, 2.75) is 6.42 Å². The fourth-order valence-electron chi connectivity index (χ4n) is 1.57. The largest absolute Gasteiger partial charge is 0.369 e. The number of carbonyl (C=O) groups excluding carboxylic acids is 2. The van der Waals surface area contributed by atoms with Gasteiger partial charge in [-0.1, -0.05) is 11.8 Å². The summed E-state index contributed by atoms with van der Waals surface area (Å²) in [5.41, 5.74) is 5.16. The molecule has 2 aliphatic rings. The van der Waals surface area contributed by atoms with Crippen LogP contribution < -0.4 is 5.73 Å². The first-order valence-corrected chi connectivity index (χ1v) is 5.44. The van der Waals surface area contributed by atoms with Gasteiger partial charge in [-0.05, 0) is 0 Å². The molecule has 6 heteroatoms. The van der Waals surface area contributed by atoms with E-state index in [0.29, 0.717) is 6.54 Å². The lowest BCUT2D eigenvalue weighted by Gasteiger charge is -2.14. The van der Waals surface area contributed by atoms with Crippen LogP contribution in [-0.2, 0) is 9.59 Å². The first-order chi connectivity index (χ1) is 6.68. The molecule has 1 atom stereocenters. The number of thioether (sulfide) groups is 1. The Morgan fingerprint density at radius 1 is 1.64 bits per heavy atom. The highest BCUT2D eigenvalue weighted by Crippen LogP contribution is 2.24. The quantitative estimate of drug-likeness (QED) is 0.633. The Balaban J connectivity index is 2.07. The third kappa shape index (κ3) is 1.61. The predicted octanol–water partition coefficient (Wildman–Crippen LogP) is -0.577. The van der Waals surface area contributed by atoms with Crippen LogP contribution >= 0.6 is 11.8 Å². The minimum atomic E-state index is -0.399. The van der Waals surface area contributed by atoms with Crippen molar-refractivity contribution < 1.29 is 9.59 Å². The third-order valence-electron chi connectivity index (χ3n) is 2.33. The van der Waals surface area contributed by atoms with E-state index in [1.54, 1.807) is 16.7 Å². The molecule has 0 radical (unpaired) electrons. The molecule has 0 saturated carbocycles. The first kappa shape index (κ1) is 9.51. The fraction of sp³-hybridized carbons (Fsp3) is 0.625. The van der Waals surface area contributed by atoms with E-state index < -0.39 is 5.91 Å². The van der Waals surface area contributed by atoms with Crippen molar-refractivity contribution >= 4 is 28.7 Å². The Kier molecular flexibility index (Phi) is 2.45. The van der Waals surface area contributed by atoms with E-state index in [1.165, 1.54) is 0 Å². The number of likely N-dealkylation sites (tertiary alicyclic amines) is 1. The number of hydrogen-bond donors (Lipinski definition) is 1. The number of rotatable bonds is 1. The normalized spacial score (nSPS) is 26.9. The van der Waals surface area contributed by atoms with E-state index in [0.717, 1.165) is 17.5 Å². The van der Waals surface area contributed by atoms with E-state index in [1.807, 2.05) is 0 Å². The summed E-state index contributed by atoms with van der Waals surface area (Å²) in [4.78, 5) is 28.2. The van der Waals surface area contributed by atoms with Gasteiger partial charge in [0.2, 0.25) is 11.8 Å². The Bertz CT molecular complexity index is 316. The molecule has 0 aromatic carbocycles. The Morgan fingerprint density at radius 2 is 2.43 bits per heavy atom. The van der Waals surface area contributed by atoms with Gasteiger partial charge in [0.15, 0.2) is 5.17 Å². The van der Waals surface area contributed by atoms with Crippen LogP contribution in [0.1, 0.15) is 6.42 Å². The molecule has 2 amide bonds. The predicted molar refractivity (Wildman–Crippen MR) is 53.8 cm³/mol. The zero-order valence-corrected chi connectivity index (χ0v) is 8.42. The van der Waals surface area contributed by atoms with Crippen LogP contribution in [0.5, 0.6) is 0 Å². The van der Waals surface area contributed by atoms with Crippen LogP contribution in [0, 0.1) is 5.92 Å². The first-order valence-electron chi connectivity index (χ1n) is 4.45. The zero-order valence-electron chi connectivity index (χ0n) is 7.60. The van der Waals surface area contributed by atoms with Gasteiger partial charge in [-0.25, -0.2) is 0 Å². The molecule has 5 nitrogen and oxygen atoms in total. The highest BCUT2D eigenvalue weighted by Gasteiger charge is 2.36. The summed E-state index contributed by atoms with van der Waals surface area (Å²) in [6.45, 7) is 1.16. The molecule has 2 N–H and O–H groups in total. The van der Waals surface area contributed by atoms with Gasteiger partial charge in [-0.2, -0.15) is 0 Å². The maximum atomic E-state index is 11.5. The molecule has 0 spiro atoms. The van der Waals surface area contributed by atoms with Crippen LogP contribution in [0.3, 0.4) is 0 Å². The summed E-state index contributed by atoms with van der Waals surface area (Å²) < 4.78 is 0. The number of hydrogen-bond acceptors (Lipinski definition) is 4. The van der Waals surface area contributed by atoms with Gasteiger partial charge < -0.3 is 5.73 Å². The zero-order chi connectivity index (χ0) is 10.1. The molecule has 1 saturated heterocycles. The second kappa shape index (κ2) is 3.61. The molecule has 1 unspecified atom stereocenters. The van der Waals surface area contributed by atoms with Gasteiger partial charge in [-0.15, -0.1) is 0 Å². The molecule has 2 heterocycles. The number of carbonyl (C=O) groups is 2. The lowest BCUT2D eigenvalue weighted by Crippen LogP contribution is -2.31. The van der Waals surface area contributed by atoms with Crippen molar-refractivity contribution in [1.29, 1.82) is 0 Å². The third-order valence-corrected chi connectivity index (χ3v) is 3.32. The van der Waals surface area contributed by atoms with Crippen LogP contribution in [-0.4, -0.2) is 40.7 Å². The molecule has 0 bridgehead atoms. The van der Waals surface area contributed by atoms with Gasteiger partial charge in [0.05, 0.1) is 12.5 Å². The Labute approximate surface area is 85.7 Å². The molecule has 0 aromatic heterocycles. The molecular weight excluding hydrogens is 202 g/mol. The second-order valence-electron chi connectivity index (χ2n) is 3.32. The van der Waals surface area contributed by atoms with Crippen LogP contribution in [0.4, 0.5) is 0 Å². The van der Waals surface area contributed by atoms with Gasteiger partial charge >= 0.3 is 0 Å². The Morgan fingerprint density at radius 3 is 2.93 bits per heavy atom. The second-order valence-corrected chi connectivity index (χ2v) is 4.38. The molecule has 1 fully saturated rings. The highest BCUT2D eigenvalue weighted by molar-refractivity contribution is 8.14. The maximum absolute atomic E-state index is 11.5. The fourth-order valence-corrected chi connectivity index (χ4v) is 2.45. The van der Waals surface area contributed by atoms with E-state index in [9.17, 15) is 9.59 Å². The summed E-state index contributed by atoms with van der Waals surface area (Å²) >= 11 is 1.56. The summed E-state index contributed by atoms with van der Waals surface area (Å²) in [6.07, 6.45) is 0.231. The summed E-state index contributed by atoms with van der Waals surface area (Å²) in [5, 5.41) is 0.749. The number of primary amides is 1. The van der Waals surface area contributed by atoms with Crippen molar-refractivity contribution in [3.8, 4) is 0 Å². The van der Waals surface area contributed by atoms with Crippen LogP contribution in [0.15, 0.2) is 4.99 Å². The SMILES string of the molecule is NC(=O)C1CC(=O)N(C2=NCCS2)C1. The van der Waals surface area contributed by atoms with E-state index >= 15 is 0 Å². The highest BCUT2D eigenvalue weighted by atomic mass is 32.2. The molecule has 0 aromatic rings. The Hall–Kier alpha value is -1.04. The average molecular weight is 213 g/mol. The van der Waals surface area contributed by atoms with E-state index in [4.69, 9.17) is 5.73 Å². The molecule has 76 valence electrons. The minimum Gasteiger partial charge on any atom is -0.369 e. The lowest BCUT2D eigenvalue weighted by atomic mass is 10.1. The van der Waals surface area contributed by atoms with Crippen molar-refractivity contribution in [3.05, 3.63) is 0 Å². The molecule has 2 aliphatic heterocycles. The summed E-state index contributed by atoms with van der Waals surface area (Å²) in [5.74, 6) is 0.137. The molecule has 14 heavy (non-hydrogen) atoms. The van der Waals surface area contributed by atoms with Crippen molar-refractivity contribution in [3.63, 3.8) is 0 Å². The summed E-state index contributed by atoms with van der Waals surface area (Å²) in [7, 11) is 0. The lowest BCUT2D eigenvalue weighted by molar-refractivity contribution is -0.126. The minimum absolute atomic E-state index is 0.0399. The van der Waals surface area contributed by atoms with Crippen molar-refractivity contribution in [1.82, 2.24) is 4.90 Å². The summed E-state index contributed by atoms with van der Waals surface area (Å²) in [6, 6.07) is 0. The van der Waals surface area contributed by atoms with Crippen LogP contribution in [0.25, 0.3) is 0 Å². The van der Waals surface area contributed by atoms with Crippen LogP contribution in [0.2, 0.25) is 0 Å². The number of amides is 2. The average Bonchev–Trinajstić information content (AvgIpc) is 2.71. The number of aliphatic imine (C=N–C) groups is 1. The van der Waals surface area contributed by atoms with E-state index in [2.05, 4.69) is 4.99 Å². The van der Waals surface area contributed by atoms with Gasteiger partial charge in [-0.3, -0.25) is 19.5 Å². The van der Waals surface area contributed by atoms with Crippen molar-refractivity contribution in [2.24, 2.45) is 16.6 Å². The topological polar surface area (TPSA) is 75.8 Å². The standard InChI is InChI=1S/C8H11N3O2S/c9-7(13)5-3-6(12)11(4-5)8-10-1-2-14-8/h5H,1-4H2,(H2,9,13). The van der Waals surface area contributed by atoms with Gasteiger partial charge in [0, 0.05) is 18.7 Å². The van der Waals surface area contributed by atoms with Crippen molar-refractivity contribution in [2.75, 3.05) is 18.8 Å². The molecule has 0 aliphatic carbocycles. The number of nitrogens with two attached hydrogens (primary N) is 1. The maximum Gasteiger partial charge on any atom is 0.229 e. The molecule has 2 rings (SSSR count). The number of amidine groups is 1. The van der Waals surface area contributed by atoms with Gasteiger partial charge in [0.25, 0.3) is 0 Å². The molecular formula is C8H11N3O2S. The van der Waals surface area contributed by atoms with Gasteiger partial charge in [0.1, 0.15) is 0 Å².